The molecule has 1 amide bonds. The van der Waals surface area contributed by atoms with E-state index in [1.54, 1.807) is 11.6 Å². The SMILES string of the molecule is CCCC(C)(N)C(=O)Nc1cc(-c2ccccc2C)nn1C. The second kappa shape index (κ2) is 6.32. The van der Waals surface area contributed by atoms with Gasteiger partial charge in [-0.1, -0.05) is 37.6 Å². The second-order valence-corrected chi connectivity index (χ2v) is 5.97. The molecule has 0 fully saturated rings. The van der Waals surface area contributed by atoms with Crippen LogP contribution in [-0.4, -0.2) is 21.2 Å². The Kier molecular flexibility index (Phi) is 4.66. The molecule has 1 aromatic heterocycles. The zero-order valence-corrected chi connectivity index (χ0v) is 13.7. The van der Waals surface area contributed by atoms with Gasteiger partial charge in [0, 0.05) is 18.7 Å². The minimum Gasteiger partial charge on any atom is -0.318 e. The predicted octanol–water partition coefficient (Wildman–Crippen LogP) is 2.85. The second-order valence-electron chi connectivity index (χ2n) is 5.97. The standard InChI is InChI=1S/C17H24N4O/c1-5-10-17(3,18)16(22)19-15-11-14(20-21(15)4)13-9-7-6-8-12(13)2/h6-9,11H,5,10,18H2,1-4H3,(H,19,22). The maximum Gasteiger partial charge on any atom is 0.245 e. The molecule has 1 atom stereocenters. The van der Waals surface area contributed by atoms with Gasteiger partial charge in [0.1, 0.15) is 5.82 Å². The first-order chi connectivity index (χ1) is 10.3. The third kappa shape index (κ3) is 3.36. The molecule has 1 aromatic carbocycles. The molecule has 22 heavy (non-hydrogen) atoms. The van der Waals surface area contributed by atoms with Gasteiger partial charge < -0.3 is 11.1 Å². The molecular weight excluding hydrogens is 276 g/mol. The molecule has 1 heterocycles. The van der Waals surface area contributed by atoms with Crippen LogP contribution < -0.4 is 11.1 Å². The first-order valence-electron chi connectivity index (χ1n) is 7.55. The van der Waals surface area contributed by atoms with Gasteiger partial charge in [-0.3, -0.25) is 9.48 Å². The van der Waals surface area contributed by atoms with Gasteiger partial charge in [-0.05, 0) is 25.8 Å². The Labute approximate surface area is 131 Å². The lowest BCUT2D eigenvalue weighted by molar-refractivity contribution is -0.120. The van der Waals surface area contributed by atoms with E-state index in [1.807, 2.05) is 51.2 Å². The summed E-state index contributed by atoms with van der Waals surface area (Å²) in [6.07, 6.45) is 1.50. The molecular formula is C17H24N4O. The van der Waals surface area contributed by atoms with Gasteiger partial charge in [0.2, 0.25) is 5.91 Å². The minimum atomic E-state index is -0.873. The van der Waals surface area contributed by atoms with Crippen LogP contribution >= 0.6 is 0 Å². The van der Waals surface area contributed by atoms with Crippen molar-refractivity contribution in [1.29, 1.82) is 0 Å². The molecule has 0 aliphatic rings. The molecule has 3 N–H and O–H groups in total. The van der Waals surface area contributed by atoms with Crippen molar-refractivity contribution in [2.45, 2.75) is 39.2 Å². The summed E-state index contributed by atoms with van der Waals surface area (Å²) in [5.41, 5.74) is 8.24. The lowest BCUT2D eigenvalue weighted by Gasteiger charge is -2.22. The fourth-order valence-electron chi connectivity index (χ4n) is 2.47. The lowest BCUT2D eigenvalue weighted by atomic mass is 9.96. The molecule has 5 heteroatoms. The summed E-state index contributed by atoms with van der Waals surface area (Å²) in [7, 11) is 1.81. The summed E-state index contributed by atoms with van der Waals surface area (Å²) in [5.74, 6) is 0.463. The van der Waals surface area contributed by atoms with E-state index < -0.39 is 5.54 Å². The summed E-state index contributed by atoms with van der Waals surface area (Å²) in [5, 5.41) is 7.37. The van der Waals surface area contributed by atoms with Crippen molar-refractivity contribution in [2.75, 3.05) is 5.32 Å². The number of hydrogen-bond acceptors (Lipinski definition) is 3. The fourth-order valence-corrected chi connectivity index (χ4v) is 2.47. The lowest BCUT2D eigenvalue weighted by Crippen LogP contribution is -2.48. The maximum atomic E-state index is 12.3. The number of carbonyl (C=O) groups excluding carboxylic acids is 1. The van der Waals surface area contributed by atoms with Crippen molar-refractivity contribution in [3.05, 3.63) is 35.9 Å². The van der Waals surface area contributed by atoms with Gasteiger partial charge in [-0.25, -0.2) is 0 Å². The summed E-state index contributed by atoms with van der Waals surface area (Å²) in [6.45, 7) is 5.81. The Hall–Kier alpha value is -2.14. The number of hydrogen-bond donors (Lipinski definition) is 2. The van der Waals surface area contributed by atoms with Crippen LogP contribution in [0.25, 0.3) is 11.3 Å². The summed E-state index contributed by atoms with van der Waals surface area (Å²) < 4.78 is 1.67. The van der Waals surface area contributed by atoms with E-state index in [1.165, 1.54) is 0 Å². The van der Waals surface area contributed by atoms with Crippen molar-refractivity contribution in [2.24, 2.45) is 12.8 Å². The van der Waals surface area contributed by atoms with Gasteiger partial charge >= 0.3 is 0 Å². The van der Waals surface area contributed by atoms with Gasteiger partial charge in [0.05, 0.1) is 11.2 Å². The number of benzene rings is 1. The third-order valence-corrected chi connectivity index (χ3v) is 3.83. The molecule has 2 rings (SSSR count). The molecule has 0 aliphatic carbocycles. The van der Waals surface area contributed by atoms with Crippen LogP contribution in [0.2, 0.25) is 0 Å². The molecule has 0 saturated carbocycles. The quantitative estimate of drug-likeness (QED) is 0.891. The molecule has 5 nitrogen and oxygen atoms in total. The number of rotatable bonds is 5. The molecule has 2 aromatic rings. The van der Waals surface area contributed by atoms with Crippen LogP contribution in [-0.2, 0) is 11.8 Å². The smallest absolute Gasteiger partial charge is 0.245 e. The largest absolute Gasteiger partial charge is 0.318 e. The van der Waals surface area contributed by atoms with Crippen LogP contribution in [0.15, 0.2) is 30.3 Å². The average Bonchev–Trinajstić information content (AvgIpc) is 2.80. The molecule has 0 spiro atoms. The number of aryl methyl sites for hydroxylation is 2. The number of amides is 1. The van der Waals surface area contributed by atoms with Crippen molar-refractivity contribution in [3.63, 3.8) is 0 Å². The number of aromatic nitrogens is 2. The molecule has 0 radical (unpaired) electrons. The first-order valence-corrected chi connectivity index (χ1v) is 7.55. The van der Waals surface area contributed by atoms with Gasteiger partial charge in [0.25, 0.3) is 0 Å². The van der Waals surface area contributed by atoms with Crippen LogP contribution in [0, 0.1) is 6.92 Å². The summed E-state index contributed by atoms with van der Waals surface area (Å²) in [6, 6.07) is 9.92. The Morgan fingerprint density at radius 2 is 2.09 bits per heavy atom. The van der Waals surface area contributed by atoms with E-state index in [-0.39, 0.29) is 5.91 Å². The zero-order chi connectivity index (χ0) is 16.3. The highest BCUT2D eigenvalue weighted by Crippen LogP contribution is 2.25. The molecule has 1 unspecified atom stereocenters. The highest BCUT2D eigenvalue weighted by atomic mass is 16.2. The van der Waals surface area contributed by atoms with Crippen LogP contribution in [0.5, 0.6) is 0 Å². The average molecular weight is 300 g/mol. The highest BCUT2D eigenvalue weighted by Gasteiger charge is 2.28. The zero-order valence-electron chi connectivity index (χ0n) is 13.7. The van der Waals surface area contributed by atoms with E-state index in [9.17, 15) is 4.79 Å². The Bertz CT molecular complexity index is 673. The number of nitrogens with two attached hydrogens (primary N) is 1. The van der Waals surface area contributed by atoms with Gasteiger partial charge in [0.15, 0.2) is 0 Å². The van der Waals surface area contributed by atoms with Crippen molar-refractivity contribution < 1.29 is 4.79 Å². The molecule has 0 aliphatic heterocycles. The van der Waals surface area contributed by atoms with E-state index in [4.69, 9.17) is 5.73 Å². The van der Waals surface area contributed by atoms with Gasteiger partial charge in [-0.15, -0.1) is 0 Å². The normalized spacial score (nSPS) is 13.7. The topological polar surface area (TPSA) is 72.9 Å². The summed E-state index contributed by atoms with van der Waals surface area (Å²) in [4.78, 5) is 12.3. The monoisotopic (exact) mass is 300 g/mol. The molecule has 118 valence electrons. The molecule has 0 saturated heterocycles. The van der Waals surface area contributed by atoms with Crippen molar-refractivity contribution in [1.82, 2.24) is 9.78 Å². The fraction of sp³-hybridized carbons (Fsp3) is 0.412. The third-order valence-electron chi connectivity index (χ3n) is 3.83. The first kappa shape index (κ1) is 16.2. The van der Waals surface area contributed by atoms with E-state index >= 15 is 0 Å². The van der Waals surface area contributed by atoms with E-state index in [2.05, 4.69) is 10.4 Å². The van der Waals surface area contributed by atoms with Crippen molar-refractivity contribution >= 4 is 11.7 Å². The Morgan fingerprint density at radius 3 is 2.73 bits per heavy atom. The Morgan fingerprint density at radius 1 is 1.41 bits per heavy atom. The maximum absolute atomic E-state index is 12.3. The van der Waals surface area contributed by atoms with Gasteiger partial charge in [-0.2, -0.15) is 5.10 Å². The van der Waals surface area contributed by atoms with Crippen LogP contribution in [0.3, 0.4) is 0 Å². The van der Waals surface area contributed by atoms with Crippen molar-refractivity contribution in [3.8, 4) is 11.3 Å². The van der Waals surface area contributed by atoms with Crippen LogP contribution in [0.1, 0.15) is 32.3 Å². The minimum absolute atomic E-state index is 0.186. The summed E-state index contributed by atoms with van der Waals surface area (Å²) >= 11 is 0. The Balaban J connectivity index is 2.24. The van der Waals surface area contributed by atoms with E-state index in [0.29, 0.717) is 12.2 Å². The number of nitrogens with one attached hydrogen (secondary N) is 1. The number of carbonyl (C=O) groups is 1. The highest BCUT2D eigenvalue weighted by molar-refractivity contribution is 5.97. The number of nitrogens with zero attached hydrogens (tertiary/aromatic N) is 2. The molecule has 0 bridgehead atoms. The van der Waals surface area contributed by atoms with Crippen LogP contribution in [0.4, 0.5) is 5.82 Å². The predicted molar refractivity (Wildman–Crippen MR) is 89.5 cm³/mol. The number of anilines is 1. The van der Waals surface area contributed by atoms with E-state index in [0.717, 1.165) is 23.2 Å².